The van der Waals surface area contributed by atoms with Crippen LogP contribution in [0, 0.1) is 18.5 Å². The zero-order chi connectivity index (χ0) is 37.8. The van der Waals surface area contributed by atoms with Gasteiger partial charge in [0, 0.05) is 78.6 Å². The van der Waals surface area contributed by atoms with Gasteiger partial charge in [0.2, 0.25) is 6.33 Å². The van der Waals surface area contributed by atoms with Gasteiger partial charge in [-0.1, -0.05) is 96.1 Å². The fourth-order valence-electron chi connectivity index (χ4n) is 9.06. The Morgan fingerprint density at radius 2 is 1.21 bits per heavy atom. The van der Waals surface area contributed by atoms with E-state index in [0.717, 1.165) is 61.1 Å². The summed E-state index contributed by atoms with van der Waals surface area (Å²) in [6, 6.07) is 59.9. The van der Waals surface area contributed by atoms with Gasteiger partial charge in [-0.3, -0.25) is 0 Å². The topological polar surface area (TPSA) is 45.7 Å². The Morgan fingerprint density at radius 3 is 2.02 bits per heavy atom. The average molecular weight is 928 g/mol. The molecule has 0 saturated heterocycles. The summed E-state index contributed by atoms with van der Waals surface area (Å²) < 4.78 is 17.7. The van der Waals surface area contributed by atoms with E-state index < -0.39 is 0 Å². The van der Waals surface area contributed by atoms with Crippen LogP contribution in [0.5, 0.6) is 11.5 Å². The first-order chi connectivity index (χ1) is 28.1. The molecule has 0 N–H and O–H groups in total. The van der Waals surface area contributed by atoms with Gasteiger partial charge in [0.05, 0.1) is 40.1 Å². The van der Waals surface area contributed by atoms with Crippen molar-refractivity contribution in [3.8, 4) is 28.7 Å². The van der Waals surface area contributed by atoms with Gasteiger partial charge in [-0.25, -0.2) is 4.98 Å². The van der Waals surface area contributed by atoms with Crippen LogP contribution in [-0.4, -0.2) is 23.3 Å². The van der Waals surface area contributed by atoms with Crippen LogP contribution in [0.1, 0.15) is 0 Å². The van der Waals surface area contributed by atoms with E-state index in [1.54, 1.807) is 0 Å². The third-order valence-electron chi connectivity index (χ3n) is 11.4. The minimum Gasteiger partial charge on any atom is -0.510 e. The summed E-state index contributed by atoms with van der Waals surface area (Å²) >= 11 is 0. The molecule has 12 rings (SSSR count). The Balaban J connectivity index is 0.00000385. The Hall–Kier alpha value is -6.95. The summed E-state index contributed by atoms with van der Waals surface area (Å²) in [6.45, 7) is 0. The summed E-state index contributed by atoms with van der Waals surface area (Å²) in [6.07, 6.45) is 5.28. The van der Waals surface area contributed by atoms with E-state index in [0.29, 0.717) is 11.5 Å². The van der Waals surface area contributed by atoms with E-state index in [-0.39, 0.29) is 21.1 Å². The van der Waals surface area contributed by atoms with Gasteiger partial charge < -0.3 is 27.6 Å². The summed E-state index contributed by atoms with van der Waals surface area (Å²) in [4.78, 5) is 4.99. The van der Waals surface area contributed by atoms with Crippen molar-refractivity contribution in [1.82, 2.24) is 23.3 Å². The van der Waals surface area contributed by atoms with E-state index >= 15 is 0 Å². The Morgan fingerprint density at radius 1 is 0.534 bits per heavy atom. The Labute approximate surface area is 347 Å². The third kappa shape index (κ3) is 4.83. The number of imidazole rings is 1. The largest absolute Gasteiger partial charge is 0.510 e. The number of fused-ring (bicyclic) bond motifs is 13. The molecule has 0 atom stereocenters. The fraction of sp³-hybridized carbons (Fsp3) is 0.0400. The number of hydrogen-bond donors (Lipinski definition) is 0. The van der Waals surface area contributed by atoms with E-state index in [4.69, 9.17) is 9.72 Å². The van der Waals surface area contributed by atoms with E-state index in [2.05, 4.69) is 142 Å². The second kappa shape index (κ2) is 13.1. The van der Waals surface area contributed by atoms with Crippen LogP contribution in [0.4, 0.5) is 0 Å². The molecule has 0 aliphatic rings. The number of para-hydroxylation sites is 5. The Kier molecular flexibility index (Phi) is 7.72. The minimum absolute atomic E-state index is 0. The zero-order valence-electron chi connectivity index (χ0n) is 31.4. The minimum atomic E-state index is 0. The first-order valence-electron chi connectivity index (χ1n) is 19.0. The summed E-state index contributed by atoms with van der Waals surface area (Å²) in [5.41, 5.74) is 10.6. The first kappa shape index (κ1) is 34.3. The van der Waals surface area contributed by atoms with Gasteiger partial charge in [0.1, 0.15) is 5.82 Å². The molecule has 5 aromatic heterocycles. The summed E-state index contributed by atoms with van der Waals surface area (Å²) in [7, 11) is 4.20. The molecule has 0 amide bonds. The van der Waals surface area contributed by atoms with Crippen molar-refractivity contribution in [3.63, 3.8) is 0 Å². The monoisotopic (exact) mass is 927 g/mol. The van der Waals surface area contributed by atoms with Crippen LogP contribution in [0.15, 0.2) is 158 Å². The maximum Gasteiger partial charge on any atom is 0.242 e. The molecule has 12 aromatic rings. The van der Waals surface area contributed by atoms with E-state index in [1.165, 1.54) is 32.6 Å². The molecule has 5 heterocycles. The van der Waals surface area contributed by atoms with Crippen molar-refractivity contribution in [1.29, 1.82) is 0 Å². The maximum absolute atomic E-state index is 6.66. The molecule has 280 valence electrons. The number of aryl methyl sites for hydroxylation is 2. The molecule has 0 spiro atoms. The number of ether oxygens (including phenoxy) is 1. The van der Waals surface area contributed by atoms with Crippen LogP contribution in [0.3, 0.4) is 0 Å². The molecule has 0 radical (unpaired) electrons. The SMILES string of the molecule is Cn1[c-][n+](-c2[c-]c(Oc3[c-]c4c(cc3)c3c5c6ccccc6n(C)c5c5c6ccccc6n(-c6ccccc6)c5c3n4-c3ccccn3)ccc2)c2ccccc21.[Pt]. The zero-order valence-corrected chi connectivity index (χ0v) is 33.7. The number of benzene rings is 7. The van der Waals surface area contributed by atoms with Gasteiger partial charge >= 0.3 is 0 Å². The quantitative estimate of drug-likeness (QED) is 0.128. The molecule has 0 bridgehead atoms. The standard InChI is InChI=1S/C50H32N6O.Pt/c1-52-31-54(42-24-11-10-23-41(42)52)33-17-14-18-34(29-33)57-35-26-27-38-43(30-35)56(44-25-12-13-28-51-44)49-46(38)45-36-19-6-8-21-39(36)53(2)48(45)47-37-20-7-9-22-40(37)55(50(47)49)32-15-4-3-5-16-32;/h3-28H,1-2H3;/q-2;. The second-order valence-electron chi connectivity index (χ2n) is 14.5. The first-order valence-corrected chi connectivity index (χ1v) is 19.0. The fourth-order valence-corrected chi connectivity index (χ4v) is 9.06. The average Bonchev–Trinajstić information content (AvgIpc) is 3.98. The van der Waals surface area contributed by atoms with Crippen molar-refractivity contribution >= 4 is 76.5 Å². The predicted octanol–water partition coefficient (Wildman–Crippen LogP) is 10.9. The molecule has 0 aliphatic heterocycles. The molecule has 7 nitrogen and oxygen atoms in total. The second-order valence-corrected chi connectivity index (χ2v) is 14.5. The van der Waals surface area contributed by atoms with Crippen LogP contribution < -0.4 is 9.30 Å². The van der Waals surface area contributed by atoms with E-state index in [1.807, 2.05) is 70.9 Å². The van der Waals surface area contributed by atoms with Gasteiger partial charge in [-0.15, -0.1) is 29.7 Å². The number of hydrogen-bond acceptors (Lipinski definition) is 2. The van der Waals surface area contributed by atoms with E-state index in [9.17, 15) is 0 Å². The Bertz CT molecular complexity index is 3580. The van der Waals surface area contributed by atoms with Gasteiger partial charge in [-0.2, -0.15) is 18.2 Å². The smallest absolute Gasteiger partial charge is 0.242 e. The third-order valence-corrected chi connectivity index (χ3v) is 11.4. The van der Waals surface area contributed by atoms with Crippen LogP contribution in [0.2, 0.25) is 0 Å². The number of rotatable bonds is 5. The van der Waals surface area contributed by atoms with Crippen LogP contribution in [0.25, 0.3) is 93.6 Å². The van der Waals surface area contributed by atoms with Gasteiger partial charge in [0.25, 0.3) is 0 Å². The number of aromatic nitrogens is 6. The maximum atomic E-state index is 6.66. The summed E-state index contributed by atoms with van der Waals surface area (Å²) in [5.74, 6) is 1.96. The van der Waals surface area contributed by atoms with Crippen molar-refractivity contribution in [2.45, 2.75) is 0 Å². The number of pyridine rings is 1. The van der Waals surface area contributed by atoms with Crippen molar-refractivity contribution < 1.29 is 30.4 Å². The molecule has 7 aromatic carbocycles. The van der Waals surface area contributed by atoms with Crippen molar-refractivity contribution in [3.05, 3.63) is 176 Å². The van der Waals surface area contributed by atoms with Gasteiger partial charge in [0.15, 0.2) is 0 Å². The van der Waals surface area contributed by atoms with Crippen LogP contribution in [-0.2, 0) is 35.2 Å². The van der Waals surface area contributed by atoms with Crippen LogP contribution >= 0.6 is 0 Å². The molecular formula is C50H32N6OPt-2. The molecule has 8 heteroatoms. The summed E-state index contributed by atoms with van der Waals surface area (Å²) in [5, 5.41) is 7.01. The molecule has 58 heavy (non-hydrogen) atoms. The van der Waals surface area contributed by atoms with Crippen molar-refractivity contribution in [2.75, 3.05) is 0 Å². The molecule has 0 unspecified atom stereocenters. The molecule has 0 aliphatic carbocycles. The number of nitrogens with zero attached hydrogens (tertiary/aromatic N) is 6. The molecule has 0 saturated carbocycles. The van der Waals surface area contributed by atoms with Gasteiger partial charge in [-0.05, 0) is 41.8 Å². The predicted molar refractivity (Wildman–Crippen MR) is 228 cm³/mol. The van der Waals surface area contributed by atoms with Crippen molar-refractivity contribution in [2.24, 2.45) is 14.1 Å². The normalized spacial score (nSPS) is 11.8. The molecule has 0 fully saturated rings. The molecular weight excluding hydrogens is 896 g/mol.